The van der Waals surface area contributed by atoms with Crippen LogP contribution in [0.3, 0.4) is 0 Å². The molecule has 0 aromatic heterocycles. The van der Waals surface area contributed by atoms with Crippen molar-refractivity contribution in [1.29, 1.82) is 0 Å². The first-order chi connectivity index (χ1) is 22.3. The predicted octanol–water partition coefficient (Wildman–Crippen LogP) is 9.21. The van der Waals surface area contributed by atoms with Crippen molar-refractivity contribution >= 4 is 55.4 Å². The van der Waals surface area contributed by atoms with Gasteiger partial charge < -0.3 is 9.47 Å². The van der Waals surface area contributed by atoms with E-state index in [9.17, 15) is 0 Å². The fourth-order valence-corrected chi connectivity index (χ4v) is 7.67. The molecule has 0 unspecified atom stereocenters. The van der Waals surface area contributed by atoms with Gasteiger partial charge in [0, 0.05) is 10.8 Å². The van der Waals surface area contributed by atoms with Crippen LogP contribution in [0.2, 0.25) is 0 Å². The van der Waals surface area contributed by atoms with E-state index < -0.39 is 0 Å². The fraction of sp³-hybridized carbons (Fsp3) is 0. The van der Waals surface area contributed by atoms with Crippen molar-refractivity contribution in [2.24, 2.45) is 0 Å². The SMILES string of the molecule is c1ccc(-c2c3ccccc3c(-c3ccc4c(c3)Oc3cccc5c3B4c3ccc4ccccc4c3O5)c3ccccc23)cc1. The van der Waals surface area contributed by atoms with Gasteiger partial charge in [-0.15, -0.1) is 0 Å². The smallest absolute Gasteiger partial charge is 0.260 e. The molecule has 10 rings (SSSR count). The summed E-state index contributed by atoms with van der Waals surface area (Å²) in [6.45, 7) is 0.0244. The zero-order chi connectivity index (χ0) is 29.5. The standard InChI is InChI=1S/C42H25BO2/c1-2-12-27(13-3-1)39-30-15-6-8-17-32(30)40(33-18-9-7-16-31(33)39)28-22-23-34-38(25-28)44-36-19-10-20-37-41(36)43(34)35-24-21-26-11-4-5-14-29(26)42(35)45-37/h1-25H. The Hall–Kier alpha value is -5.80. The monoisotopic (exact) mass is 572 g/mol. The van der Waals surface area contributed by atoms with Gasteiger partial charge in [-0.1, -0.05) is 133 Å². The molecule has 208 valence electrons. The molecule has 3 heteroatoms. The summed E-state index contributed by atoms with van der Waals surface area (Å²) in [6.07, 6.45) is 0. The Labute approximate surface area is 261 Å². The van der Waals surface area contributed by atoms with E-state index in [-0.39, 0.29) is 6.71 Å². The van der Waals surface area contributed by atoms with Gasteiger partial charge in [0.2, 0.25) is 0 Å². The number of benzene rings is 8. The number of hydrogen-bond donors (Lipinski definition) is 0. The van der Waals surface area contributed by atoms with Crippen LogP contribution < -0.4 is 25.9 Å². The van der Waals surface area contributed by atoms with Crippen molar-refractivity contribution in [2.45, 2.75) is 0 Å². The second-order valence-corrected chi connectivity index (χ2v) is 12.0. The number of rotatable bonds is 2. The average Bonchev–Trinajstić information content (AvgIpc) is 3.10. The van der Waals surface area contributed by atoms with Gasteiger partial charge in [-0.2, -0.15) is 0 Å². The van der Waals surface area contributed by atoms with E-state index in [1.54, 1.807) is 0 Å². The molecule has 0 bridgehead atoms. The summed E-state index contributed by atoms with van der Waals surface area (Å²) in [6, 6.07) is 54.2. The molecule has 8 aromatic rings. The van der Waals surface area contributed by atoms with Crippen LogP contribution in [0.4, 0.5) is 0 Å². The van der Waals surface area contributed by atoms with Gasteiger partial charge in [-0.05, 0) is 78.3 Å². The summed E-state index contributed by atoms with van der Waals surface area (Å²) in [5.74, 6) is 3.55. The molecule has 2 aliphatic heterocycles. The third-order valence-electron chi connectivity index (χ3n) is 9.57. The van der Waals surface area contributed by atoms with Gasteiger partial charge in [0.25, 0.3) is 6.71 Å². The van der Waals surface area contributed by atoms with Crippen LogP contribution in [-0.4, -0.2) is 6.71 Å². The van der Waals surface area contributed by atoms with E-state index >= 15 is 0 Å². The zero-order valence-corrected chi connectivity index (χ0v) is 24.3. The maximum Gasteiger partial charge on any atom is 0.260 e. The number of ether oxygens (including phenoxy) is 2. The highest BCUT2D eigenvalue weighted by molar-refractivity contribution is 6.98. The van der Waals surface area contributed by atoms with Crippen molar-refractivity contribution in [3.8, 4) is 45.3 Å². The molecule has 8 aromatic carbocycles. The van der Waals surface area contributed by atoms with Gasteiger partial charge in [0.15, 0.2) is 0 Å². The van der Waals surface area contributed by atoms with Crippen molar-refractivity contribution in [3.63, 3.8) is 0 Å². The lowest BCUT2D eigenvalue weighted by atomic mass is 9.34. The third-order valence-corrected chi connectivity index (χ3v) is 9.57. The molecule has 0 spiro atoms. The van der Waals surface area contributed by atoms with E-state index in [0.29, 0.717) is 0 Å². The van der Waals surface area contributed by atoms with Crippen molar-refractivity contribution in [2.75, 3.05) is 0 Å². The van der Waals surface area contributed by atoms with E-state index in [4.69, 9.17) is 9.47 Å². The minimum absolute atomic E-state index is 0.0244. The molecule has 0 fully saturated rings. The molecular formula is C42H25BO2. The lowest BCUT2D eigenvalue weighted by Gasteiger charge is -2.33. The quantitative estimate of drug-likeness (QED) is 0.152. The third kappa shape index (κ3) is 3.52. The molecule has 2 heterocycles. The lowest BCUT2D eigenvalue weighted by molar-refractivity contribution is 0.467. The predicted molar refractivity (Wildman–Crippen MR) is 188 cm³/mol. The second kappa shape index (κ2) is 9.35. The molecule has 0 atom stereocenters. The largest absolute Gasteiger partial charge is 0.458 e. The first kappa shape index (κ1) is 24.6. The van der Waals surface area contributed by atoms with E-state index in [2.05, 4.69) is 146 Å². The van der Waals surface area contributed by atoms with Gasteiger partial charge in [0.1, 0.15) is 23.0 Å². The summed E-state index contributed by atoms with van der Waals surface area (Å²) in [4.78, 5) is 0. The summed E-state index contributed by atoms with van der Waals surface area (Å²) in [5, 5.41) is 7.27. The fourth-order valence-electron chi connectivity index (χ4n) is 7.67. The molecule has 0 radical (unpaired) electrons. The summed E-state index contributed by atoms with van der Waals surface area (Å²) in [5.41, 5.74) is 8.30. The lowest BCUT2D eigenvalue weighted by Crippen LogP contribution is -2.57. The van der Waals surface area contributed by atoms with Crippen molar-refractivity contribution < 1.29 is 9.47 Å². The molecule has 2 aliphatic rings. The topological polar surface area (TPSA) is 18.5 Å². The molecule has 0 aliphatic carbocycles. The van der Waals surface area contributed by atoms with Crippen LogP contribution in [0, 0.1) is 0 Å². The van der Waals surface area contributed by atoms with Gasteiger partial charge in [0.05, 0.1) is 0 Å². The van der Waals surface area contributed by atoms with E-state index in [1.165, 1.54) is 49.1 Å². The average molecular weight is 572 g/mol. The molecule has 45 heavy (non-hydrogen) atoms. The van der Waals surface area contributed by atoms with Gasteiger partial charge >= 0.3 is 0 Å². The Morgan fingerprint density at radius 1 is 0.378 bits per heavy atom. The minimum atomic E-state index is 0.0244. The molecule has 2 nitrogen and oxygen atoms in total. The normalized spacial score (nSPS) is 12.8. The zero-order valence-electron chi connectivity index (χ0n) is 24.3. The highest BCUT2D eigenvalue weighted by atomic mass is 16.5. The molecule has 0 saturated heterocycles. The first-order valence-electron chi connectivity index (χ1n) is 15.5. The highest BCUT2D eigenvalue weighted by Gasteiger charge is 2.40. The van der Waals surface area contributed by atoms with Crippen molar-refractivity contribution in [1.82, 2.24) is 0 Å². The number of fused-ring (bicyclic) bond motifs is 8. The summed E-state index contributed by atoms with van der Waals surface area (Å²) in [7, 11) is 0. The Bertz CT molecular complexity index is 2440. The van der Waals surface area contributed by atoms with E-state index in [0.717, 1.165) is 44.9 Å². The van der Waals surface area contributed by atoms with Crippen LogP contribution in [0.25, 0.3) is 54.6 Å². The van der Waals surface area contributed by atoms with Crippen LogP contribution in [-0.2, 0) is 0 Å². The minimum Gasteiger partial charge on any atom is -0.458 e. The molecule has 0 N–H and O–H groups in total. The molecule has 0 saturated carbocycles. The van der Waals surface area contributed by atoms with Crippen LogP contribution in [0.5, 0.6) is 23.0 Å². The van der Waals surface area contributed by atoms with Gasteiger partial charge in [-0.25, -0.2) is 0 Å². The van der Waals surface area contributed by atoms with Crippen LogP contribution >= 0.6 is 0 Å². The Morgan fingerprint density at radius 2 is 0.956 bits per heavy atom. The summed E-state index contributed by atoms with van der Waals surface area (Å²) < 4.78 is 13.3. The van der Waals surface area contributed by atoms with Crippen LogP contribution in [0.15, 0.2) is 152 Å². The van der Waals surface area contributed by atoms with E-state index in [1.807, 2.05) is 6.07 Å². The van der Waals surface area contributed by atoms with Crippen molar-refractivity contribution in [3.05, 3.63) is 152 Å². The molecule has 0 amide bonds. The molecular weight excluding hydrogens is 547 g/mol. The highest BCUT2D eigenvalue weighted by Crippen LogP contribution is 2.45. The van der Waals surface area contributed by atoms with Gasteiger partial charge in [-0.3, -0.25) is 0 Å². The Morgan fingerprint density at radius 3 is 1.67 bits per heavy atom. The Balaban J connectivity index is 1.22. The second-order valence-electron chi connectivity index (χ2n) is 12.0. The van der Waals surface area contributed by atoms with Crippen LogP contribution in [0.1, 0.15) is 0 Å². The Kier molecular flexibility index (Phi) is 5.12. The first-order valence-corrected chi connectivity index (χ1v) is 15.5. The maximum atomic E-state index is 6.73. The summed E-state index contributed by atoms with van der Waals surface area (Å²) >= 11 is 0. The maximum absolute atomic E-state index is 6.73. The number of hydrogen-bond acceptors (Lipinski definition) is 2.